The van der Waals surface area contributed by atoms with E-state index in [4.69, 9.17) is 4.74 Å². The first-order chi connectivity index (χ1) is 20.6. The van der Waals surface area contributed by atoms with Crippen LogP contribution >= 0.6 is 0 Å². The number of benzene rings is 3. The lowest BCUT2D eigenvalue weighted by atomic mass is 9.95. The second-order valence-electron chi connectivity index (χ2n) is 11.3. The summed E-state index contributed by atoms with van der Waals surface area (Å²) in [4.78, 5) is 29.6. The highest BCUT2D eigenvalue weighted by Gasteiger charge is 2.34. The van der Waals surface area contributed by atoms with Gasteiger partial charge >= 0.3 is 0 Å². The van der Waals surface area contributed by atoms with Crippen LogP contribution < -0.4 is 14.4 Å². The van der Waals surface area contributed by atoms with Gasteiger partial charge in [-0.1, -0.05) is 68.1 Å². The van der Waals surface area contributed by atoms with Crippen molar-refractivity contribution in [3.63, 3.8) is 0 Å². The quantitative estimate of drug-likeness (QED) is 0.283. The van der Waals surface area contributed by atoms with E-state index in [1.165, 1.54) is 4.90 Å². The number of amides is 2. The number of carbonyl (C=O) groups excluding carboxylic acids is 2. The second kappa shape index (κ2) is 14.6. The molecule has 0 bridgehead atoms. The van der Waals surface area contributed by atoms with Gasteiger partial charge in [-0.3, -0.25) is 13.9 Å². The molecule has 1 saturated carbocycles. The van der Waals surface area contributed by atoms with Crippen LogP contribution in [-0.4, -0.2) is 50.9 Å². The molecule has 0 aliphatic heterocycles. The zero-order valence-corrected chi connectivity index (χ0v) is 26.4. The highest BCUT2D eigenvalue weighted by molar-refractivity contribution is 7.92. The fourth-order valence-corrected chi connectivity index (χ4v) is 6.99. The Hall–Kier alpha value is -3.85. The molecule has 1 aliphatic carbocycles. The van der Waals surface area contributed by atoms with Crippen LogP contribution in [0.2, 0.25) is 0 Å². The molecule has 0 aromatic heterocycles. The van der Waals surface area contributed by atoms with Crippen molar-refractivity contribution in [2.45, 2.75) is 82.8 Å². The molecular weight excluding hydrogens is 562 g/mol. The lowest BCUT2D eigenvalue weighted by molar-refractivity contribution is -0.140. The number of methoxy groups -OCH3 is 1. The van der Waals surface area contributed by atoms with Gasteiger partial charge < -0.3 is 15.0 Å². The van der Waals surface area contributed by atoms with E-state index in [1.54, 1.807) is 49.6 Å². The molecule has 0 heterocycles. The molecule has 1 unspecified atom stereocenters. The number of hydrogen-bond donors (Lipinski definition) is 1. The lowest BCUT2D eigenvalue weighted by Gasteiger charge is -2.34. The summed E-state index contributed by atoms with van der Waals surface area (Å²) in [6.45, 7) is 5.30. The maximum Gasteiger partial charge on any atom is 0.264 e. The van der Waals surface area contributed by atoms with Crippen LogP contribution in [0.5, 0.6) is 5.75 Å². The smallest absolute Gasteiger partial charge is 0.264 e. The van der Waals surface area contributed by atoms with Gasteiger partial charge in [-0.05, 0) is 80.6 Å². The van der Waals surface area contributed by atoms with Gasteiger partial charge in [-0.25, -0.2) is 8.42 Å². The molecular formula is C34H43N3O5S. The van der Waals surface area contributed by atoms with E-state index in [-0.39, 0.29) is 23.4 Å². The second-order valence-corrected chi connectivity index (χ2v) is 13.2. The van der Waals surface area contributed by atoms with Gasteiger partial charge in [0.25, 0.3) is 10.0 Å². The largest absolute Gasteiger partial charge is 0.497 e. The van der Waals surface area contributed by atoms with Crippen LogP contribution in [0.25, 0.3) is 0 Å². The Labute approximate surface area is 256 Å². The fourth-order valence-electron chi connectivity index (χ4n) is 5.58. The van der Waals surface area contributed by atoms with Gasteiger partial charge in [0.1, 0.15) is 18.3 Å². The Kier molecular flexibility index (Phi) is 10.9. The molecule has 1 atom stereocenters. The minimum absolute atomic E-state index is 0.0785. The van der Waals surface area contributed by atoms with E-state index < -0.39 is 28.5 Å². The van der Waals surface area contributed by atoms with Crippen LogP contribution in [0, 0.1) is 13.8 Å². The molecule has 3 aromatic rings. The van der Waals surface area contributed by atoms with Crippen molar-refractivity contribution >= 4 is 27.5 Å². The number of nitrogens with zero attached hydrogens (tertiary/aromatic N) is 2. The van der Waals surface area contributed by atoms with Crippen LogP contribution in [0.4, 0.5) is 5.69 Å². The molecule has 3 aromatic carbocycles. The molecule has 9 heteroatoms. The molecule has 2 amide bonds. The van der Waals surface area contributed by atoms with E-state index >= 15 is 0 Å². The van der Waals surface area contributed by atoms with Crippen LogP contribution in [0.15, 0.2) is 77.7 Å². The van der Waals surface area contributed by atoms with Gasteiger partial charge in [0, 0.05) is 12.6 Å². The first-order valence-electron chi connectivity index (χ1n) is 15.0. The summed E-state index contributed by atoms with van der Waals surface area (Å²) in [5.41, 5.74) is 2.95. The van der Waals surface area contributed by atoms with Crippen LogP contribution in [-0.2, 0) is 26.2 Å². The Morgan fingerprint density at radius 3 is 2.28 bits per heavy atom. The van der Waals surface area contributed by atoms with Gasteiger partial charge in [-0.2, -0.15) is 0 Å². The monoisotopic (exact) mass is 605 g/mol. The number of aryl methyl sites for hydroxylation is 2. The Bertz CT molecular complexity index is 1500. The molecule has 1 aliphatic rings. The number of carbonyl (C=O) groups is 2. The van der Waals surface area contributed by atoms with Crippen LogP contribution in [0.1, 0.15) is 62.1 Å². The van der Waals surface area contributed by atoms with Crippen molar-refractivity contribution in [3.8, 4) is 5.75 Å². The predicted octanol–water partition coefficient (Wildman–Crippen LogP) is 5.76. The Morgan fingerprint density at radius 1 is 0.930 bits per heavy atom. The molecule has 1 fully saturated rings. The van der Waals surface area contributed by atoms with Crippen LogP contribution in [0.3, 0.4) is 0 Å². The standard InChI is InChI=1S/C34H43N3O5S/c1-5-32(34(39)35-28-13-7-6-8-14-28)36(23-27-12-10-16-30(22-27)42-4)33(38)24-37(29-15-9-11-26(3)21-29)43(40,41)31-19-17-25(2)18-20-31/h9-12,15-22,28,32H,5-8,13-14,23-24H2,1-4H3,(H,35,39). The Balaban J connectivity index is 1.71. The minimum Gasteiger partial charge on any atom is -0.497 e. The number of anilines is 1. The predicted molar refractivity (Wildman–Crippen MR) is 170 cm³/mol. The normalized spacial score (nSPS) is 14.5. The Morgan fingerprint density at radius 2 is 1.63 bits per heavy atom. The zero-order chi connectivity index (χ0) is 31.0. The maximum absolute atomic E-state index is 14.3. The minimum atomic E-state index is -4.11. The molecule has 1 N–H and O–H groups in total. The first-order valence-corrected chi connectivity index (χ1v) is 16.4. The number of ether oxygens (including phenoxy) is 1. The molecule has 230 valence electrons. The average molecular weight is 606 g/mol. The SMILES string of the molecule is CCC(C(=O)NC1CCCCC1)N(Cc1cccc(OC)c1)C(=O)CN(c1cccc(C)c1)S(=O)(=O)c1ccc(C)cc1. The van der Waals surface area contributed by atoms with E-state index in [1.807, 2.05) is 51.1 Å². The average Bonchev–Trinajstić information content (AvgIpc) is 3.00. The van der Waals surface area contributed by atoms with E-state index in [2.05, 4.69) is 5.32 Å². The number of nitrogens with one attached hydrogen (secondary N) is 1. The summed E-state index contributed by atoms with van der Waals surface area (Å²) in [6.07, 6.45) is 5.51. The van der Waals surface area contributed by atoms with Crippen molar-refractivity contribution in [1.29, 1.82) is 0 Å². The third-order valence-electron chi connectivity index (χ3n) is 8.00. The highest BCUT2D eigenvalue weighted by Crippen LogP contribution is 2.26. The maximum atomic E-state index is 14.3. The van der Waals surface area contributed by atoms with Gasteiger partial charge in [0.15, 0.2) is 0 Å². The third-order valence-corrected chi connectivity index (χ3v) is 9.79. The van der Waals surface area contributed by atoms with Gasteiger partial charge in [0.2, 0.25) is 11.8 Å². The van der Waals surface area contributed by atoms with Crippen molar-refractivity contribution in [1.82, 2.24) is 10.2 Å². The zero-order valence-electron chi connectivity index (χ0n) is 25.6. The van der Waals surface area contributed by atoms with E-state index in [0.717, 1.165) is 53.1 Å². The van der Waals surface area contributed by atoms with Gasteiger partial charge in [0.05, 0.1) is 17.7 Å². The van der Waals surface area contributed by atoms with Crippen molar-refractivity contribution in [2.24, 2.45) is 0 Å². The molecule has 43 heavy (non-hydrogen) atoms. The summed E-state index contributed by atoms with van der Waals surface area (Å²) >= 11 is 0. The first kappa shape index (κ1) is 32.1. The number of hydrogen-bond acceptors (Lipinski definition) is 5. The van der Waals surface area contributed by atoms with Crippen molar-refractivity contribution in [3.05, 3.63) is 89.5 Å². The fraction of sp³-hybridized carbons (Fsp3) is 0.412. The van der Waals surface area contributed by atoms with E-state index in [9.17, 15) is 18.0 Å². The molecule has 0 radical (unpaired) electrons. The summed E-state index contributed by atoms with van der Waals surface area (Å²) in [6, 6.07) is 20.3. The number of rotatable bonds is 12. The summed E-state index contributed by atoms with van der Waals surface area (Å²) < 4.78 is 34.6. The van der Waals surface area contributed by atoms with Gasteiger partial charge in [-0.15, -0.1) is 0 Å². The summed E-state index contributed by atoms with van der Waals surface area (Å²) in [7, 11) is -2.54. The summed E-state index contributed by atoms with van der Waals surface area (Å²) in [5, 5.41) is 3.18. The molecule has 0 saturated heterocycles. The third kappa shape index (κ3) is 8.16. The molecule has 4 rings (SSSR count). The van der Waals surface area contributed by atoms with Crippen molar-refractivity contribution in [2.75, 3.05) is 18.0 Å². The summed E-state index contributed by atoms with van der Waals surface area (Å²) in [5.74, 6) is -0.0484. The van der Waals surface area contributed by atoms with E-state index in [0.29, 0.717) is 17.9 Å². The molecule has 8 nitrogen and oxygen atoms in total. The highest BCUT2D eigenvalue weighted by atomic mass is 32.2. The number of sulfonamides is 1. The van der Waals surface area contributed by atoms with Crippen molar-refractivity contribution < 1.29 is 22.7 Å². The molecule has 0 spiro atoms. The topological polar surface area (TPSA) is 96.0 Å². The lowest BCUT2D eigenvalue weighted by Crippen LogP contribution is -2.54.